The standard InChI is InChI=1S/C12H16O3/c1-14-10-6-5-9(7-11(10)15-2)12(13)8-3-4-8/h5-8,12-13H,3-4H2,1-2H3. The van der Waals surface area contributed by atoms with Crippen LogP contribution >= 0.6 is 0 Å². The second kappa shape index (κ2) is 4.11. The van der Waals surface area contributed by atoms with Gasteiger partial charge in [-0.15, -0.1) is 0 Å². The minimum absolute atomic E-state index is 0.357. The Morgan fingerprint density at radius 1 is 1.20 bits per heavy atom. The minimum Gasteiger partial charge on any atom is -0.493 e. The summed E-state index contributed by atoms with van der Waals surface area (Å²) in [5, 5.41) is 9.95. The lowest BCUT2D eigenvalue weighted by Crippen LogP contribution is -2.00. The summed E-state index contributed by atoms with van der Waals surface area (Å²) in [5.41, 5.74) is 0.912. The van der Waals surface area contributed by atoms with Gasteiger partial charge >= 0.3 is 0 Å². The molecule has 3 nitrogen and oxygen atoms in total. The average molecular weight is 208 g/mol. The highest BCUT2D eigenvalue weighted by Gasteiger charge is 2.31. The summed E-state index contributed by atoms with van der Waals surface area (Å²) < 4.78 is 10.3. The van der Waals surface area contributed by atoms with Crippen LogP contribution in [0, 0.1) is 5.92 Å². The van der Waals surface area contributed by atoms with Crippen molar-refractivity contribution >= 4 is 0 Å². The van der Waals surface area contributed by atoms with Gasteiger partial charge in [-0.05, 0) is 36.5 Å². The Hall–Kier alpha value is -1.22. The van der Waals surface area contributed by atoms with E-state index in [1.807, 2.05) is 18.2 Å². The van der Waals surface area contributed by atoms with Gasteiger partial charge in [0.2, 0.25) is 0 Å². The van der Waals surface area contributed by atoms with Gasteiger partial charge in [-0.3, -0.25) is 0 Å². The summed E-state index contributed by atoms with van der Waals surface area (Å²) >= 11 is 0. The van der Waals surface area contributed by atoms with E-state index in [-0.39, 0.29) is 6.10 Å². The molecule has 1 aliphatic carbocycles. The second-order valence-corrected chi connectivity index (χ2v) is 3.90. The van der Waals surface area contributed by atoms with Crippen molar-refractivity contribution in [3.8, 4) is 11.5 Å². The van der Waals surface area contributed by atoms with Crippen LogP contribution in [0.15, 0.2) is 18.2 Å². The molecule has 0 saturated heterocycles. The van der Waals surface area contributed by atoms with Gasteiger partial charge in [0.05, 0.1) is 20.3 Å². The molecule has 1 N–H and O–H groups in total. The number of aliphatic hydroxyl groups is 1. The van der Waals surface area contributed by atoms with Crippen LogP contribution in [0.25, 0.3) is 0 Å². The quantitative estimate of drug-likeness (QED) is 0.824. The zero-order valence-corrected chi connectivity index (χ0v) is 9.06. The molecule has 1 aromatic carbocycles. The third kappa shape index (κ3) is 2.07. The molecule has 0 heterocycles. The van der Waals surface area contributed by atoms with Gasteiger partial charge < -0.3 is 14.6 Å². The van der Waals surface area contributed by atoms with Crippen LogP contribution in [0.2, 0.25) is 0 Å². The lowest BCUT2D eigenvalue weighted by atomic mass is 10.1. The molecule has 1 aliphatic rings. The van der Waals surface area contributed by atoms with Crippen LogP contribution in [0.5, 0.6) is 11.5 Å². The Morgan fingerprint density at radius 2 is 1.87 bits per heavy atom. The number of hydrogen-bond acceptors (Lipinski definition) is 3. The molecule has 1 fully saturated rings. The van der Waals surface area contributed by atoms with Gasteiger partial charge in [0.1, 0.15) is 0 Å². The van der Waals surface area contributed by atoms with Gasteiger partial charge in [0.15, 0.2) is 11.5 Å². The van der Waals surface area contributed by atoms with Crippen molar-refractivity contribution in [2.45, 2.75) is 18.9 Å². The van der Waals surface area contributed by atoms with Crippen LogP contribution in [0.3, 0.4) is 0 Å². The van der Waals surface area contributed by atoms with Crippen molar-refractivity contribution in [1.29, 1.82) is 0 Å². The molecule has 3 heteroatoms. The van der Waals surface area contributed by atoms with Crippen molar-refractivity contribution < 1.29 is 14.6 Å². The van der Waals surface area contributed by atoms with E-state index in [0.717, 1.165) is 18.4 Å². The average Bonchev–Trinajstić information content (AvgIpc) is 3.11. The van der Waals surface area contributed by atoms with Gasteiger partial charge in [-0.1, -0.05) is 6.07 Å². The topological polar surface area (TPSA) is 38.7 Å². The van der Waals surface area contributed by atoms with Crippen LogP contribution < -0.4 is 9.47 Å². The largest absolute Gasteiger partial charge is 0.493 e. The first-order chi connectivity index (χ1) is 7.26. The number of hydrogen-bond donors (Lipinski definition) is 1. The van der Waals surface area contributed by atoms with Crippen molar-refractivity contribution in [2.75, 3.05) is 14.2 Å². The summed E-state index contributed by atoms with van der Waals surface area (Å²) in [5.74, 6) is 1.81. The third-order valence-corrected chi connectivity index (χ3v) is 2.82. The lowest BCUT2D eigenvalue weighted by Gasteiger charge is -2.13. The second-order valence-electron chi connectivity index (χ2n) is 3.90. The van der Waals surface area contributed by atoms with Crippen molar-refractivity contribution in [1.82, 2.24) is 0 Å². The smallest absolute Gasteiger partial charge is 0.161 e. The normalized spacial score (nSPS) is 17.3. The molecular formula is C12H16O3. The molecule has 0 bridgehead atoms. The fourth-order valence-electron chi connectivity index (χ4n) is 1.72. The number of rotatable bonds is 4. The first-order valence-corrected chi connectivity index (χ1v) is 5.16. The molecule has 2 rings (SSSR count). The summed E-state index contributed by atoms with van der Waals surface area (Å²) in [6.07, 6.45) is 1.88. The molecule has 1 unspecified atom stereocenters. The molecule has 15 heavy (non-hydrogen) atoms. The monoisotopic (exact) mass is 208 g/mol. The fraction of sp³-hybridized carbons (Fsp3) is 0.500. The van der Waals surface area contributed by atoms with Crippen LogP contribution in [-0.2, 0) is 0 Å². The van der Waals surface area contributed by atoms with E-state index < -0.39 is 0 Å². The summed E-state index contributed by atoms with van der Waals surface area (Å²) in [4.78, 5) is 0. The van der Waals surface area contributed by atoms with Crippen molar-refractivity contribution in [3.05, 3.63) is 23.8 Å². The van der Waals surface area contributed by atoms with E-state index in [4.69, 9.17) is 9.47 Å². The van der Waals surface area contributed by atoms with Gasteiger partial charge in [0, 0.05) is 0 Å². The predicted molar refractivity (Wildman–Crippen MR) is 57.2 cm³/mol. The van der Waals surface area contributed by atoms with Crippen LogP contribution in [-0.4, -0.2) is 19.3 Å². The van der Waals surface area contributed by atoms with E-state index >= 15 is 0 Å². The minimum atomic E-state index is -0.357. The Labute approximate surface area is 89.6 Å². The highest BCUT2D eigenvalue weighted by atomic mass is 16.5. The molecule has 1 aromatic rings. The van der Waals surface area contributed by atoms with Gasteiger partial charge in [-0.25, -0.2) is 0 Å². The van der Waals surface area contributed by atoms with E-state index in [9.17, 15) is 5.11 Å². The summed E-state index contributed by atoms with van der Waals surface area (Å²) in [6.45, 7) is 0. The zero-order valence-electron chi connectivity index (χ0n) is 9.06. The lowest BCUT2D eigenvalue weighted by molar-refractivity contribution is 0.153. The van der Waals surface area contributed by atoms with E-state index in [1.165, 1.54) is 0 Å². The molecule has 1 atom stereocenters. The van der Waals surface area contributed by atoms with Crippen LogP contribution in [0.4, 0.5) is 0 Å². The molecule has 0 amide bonds. The summed E-state index contributed by atoms with van der Waals surface area (Å²) in [6, 6.07) is 5.58. The molecule has 0 aliphatic heterocycles. The maximum absolute atomic E-state index is 9.95. The molecular weight excluding hydrogens is 192 g/mol. The van der Waals surface area contributed by atoms with E-state index in [1.54, 1.807) is 14.2 Å². The fourth-order valence-corrected chi connectivity index (χ4v) is 1.72. The third-order valence-electron chi connectivity index (χ3n) is 2.82. The Balaban J connectivity index is 2.25. The molecule has 82 valence electrons. The highest BCUT2D eigenvalue weighted by molar-refractivity contribution is 5.43. The number of benzene rings is 1. The number of ether oxygens (including phenoxy) is 2. The highest BCUT2D eigenvalue weighted by Crippen LogP contribution is 2.42. The molecule has 0 spiro atoms. The Bertz CT molecular complexity index is 345. The first-order valence-electron chi connectivity index (χ1n) is 5.16. The van der Waals surface area contributed by atoms with Crippen molar-refractivity contribution in [2.24, 2.45) is 5.92 Å². The Kier molecular flexibility index (Phi) is 2.82. The van der Waals surface area contributed by atoms with E-state index in [0.29, 0.717) is 17.4 Å². The molecule has 0 radical (unpaired) electrons. The van der Waals surface area contributed by atoms with E-state index in [2.05, 4.69) is 0 Å². The van der Waals surface area contributed by atoms with Gasteiger partial charge in [-0.2, -0.15) is 0 Å². The SMILES string of the molecule is COc1ccc(C(O)C2CC2)cc1OC. The maximum atomic E-state index is 9.95. The number of aliphatic hydroxyl groups excluding tert-OH is 1. The first kappa shape index (κ1) is 10.3. The predicted octanol–water partition coefficient (Wildman–Crippen LogP) is 2.15. The molecule has 1 saturated carbocycles. The molecule has 0 aromatic heterocycles. The van der Waals surface area contributed by atoms with Crippen molar-refractivity contribution in [3.63, 3.8) is 0 Å². The maximum Gasteiger partial charge on any atom is 0.161 e. The van der Waals surface area contributed by atoms with Gasteiger partial charge in [0.25, 0.3) is 0 Å². The van der Waals surface area contributed by atoms with Crippen LogP contribution in [0.1, 0.15) is 24.5 Å². The Morgan fingerprint density at radius 3 is 2.40 bits per heavy atom. The number of methoxy groups -OCH3 is 2. The zero-order chi connectivity index (χ0) is 10.8. The summed E-state index contributed by atoms with van der Waals surface area (Å²) in [7, 11) is 3.21.